The predicted octanol–water partition coefficient (Wildman–Crippen LogP) is 5.76. The van der Waals surface area contributed by atoms with Crippen LogP contribution in [0.15, 0.2) is 40.1 Å². The zero-order valence-corrected chi connectivity index (χ0v) is 18.4. The third-order valence-electron chi connectivity index (χ3n) is 4.68. The van der Waals surface area contributed by atoms with Gasteiger partial charge in [0.05, 0.1) is 11.8 Å². The third kappa shape index (κ3) is 4.35. The van der Waals surface area contributed by atoms with Crippen molar-refractivity contribution in [3.63, 3.8) is 0 Å². The quantitative estimate of drug-likeness (QED) is 0.483. The van der Waals surface area contributed by atoms with Crippen LogP contribution in [0, 0.1) is 6.92 Å². The molecule has 4 rings (SSSR count). The summed E-state index contributed by atoms with van der Waals surface area (Å²) in [5.41, 5.74) is 1.88. The summed E-state index contributed by atoms with van der Waals surface area (Å²) in [4.78, 5) is 16.0. The first kappa shape index (κ1) is 19.7. The van der Waals surface area contributed by atoms with E-state index in [4.69, 9.17) is 11.6 Å². The molecule has 0 aliphatic carbocycles. The van der Waals surface area contributed by atoms with Gasteiger partial charge in [0.25, 0.3) is 0 Å². The van der Waals surface area contributed by atoms with Gasteiger partial charge in [-0.3, -0.25) is 4.79 Å². The molecular weight excluding hydrogens is 432 g/mol. The molecule has 1 saturated heterocycles. The Hall–Kier alpha value is -1.61. The lowest BCUT2D eigenvalue weighted by atomic mass is 10.2. The average Bonchev–Trinajstić information content (AvgIpc) is 3.44. The Kier molecular flexibility index (Phi) is 6.20. The Balaban J connectivity index is 1.35. The number of hydrogen-bond acceptors (Lipinski definition) is 7. The molecule has 1 atom stereocenters. The molecule has 3 aromatic rings. The first-order valence-corrected chi connectivity index (χ1v) is 12.0. The van der Waals surface area contributed by atoms with Gasteiger partial charge in [-0.1, -0.05) is 46.8 Å². The van der Waals surface area contributed by atoms with E-state index in [1.54, 1.807) is 11.3 Å². The molecule has 5 nitrogen and oxygen atoms in total. The Morgan fingerprint density at radius 2 is 2.25 bits per heavy atom. The van der Waals surface area contributed by atoms with Crippen molar-refractivity contribution in [2.75, 3.05) is 17.6 Å². The molecule has 1 amide bonds. The second-order valence-electron chi connectivity index (χ2n) is 6.46. The summed E-state index contributed by atoms with van der Waals surface area (Å²) < 4.78 is 0.780. The molecule has 1 fully saturated rings. The van der Waals surface area contributed by atoms with Crippen LogP contribution in [0.5, 0.6) is 0 Å². The minimum Gasteiger partial charge on any atom is -0.334 e. The summed E-state index contributed by atoms with van der Waals surface area (Å²) in [6.07, 6.45) is 2.10. The van der Waals surface area contributed by atoms with Gasteiger partial charge in [0, 0.05) is 22.1 Å². The van der Waals surface area contributed by atoms with Gasteiger partial charge in [0.1, 0.15) is 0 Å². The molecule has 1 N–H and O–H groups in total. The SMILES string of the molecule is Cc1c(Cl)cccc1Nc1nnc(SCC(=O)N2CCCC2c2cccs2)s1. The van der Waals surface area contributed by atoms with Crippen molar-refractivity contribution in [1.29, 1.82) is 0 Å². The molecule has 28 heavy (non-hydrogen) atoms. The Labute approximate surface area is 181 Å². The standard InChI is InChI=1S/C19H19ClN4OS3/c1-12-13(20)5-2-6-14(12)21-18-22-23-19(28-18)27-11-17(25)24-9-3-7-15(24)16-8-4-10-26-16/h2,4-6,8,10,15H,3,7,9,11H2,1H3,(H,21,22). The van der Waals surface area contributed by atoms with Gasteiger partial charge in [0.15, 0.2) is 4.34 Å². The molecule has 1 aromatic carbocycles. The molecule has 0 spiro atoms. The fraction of sp³-hybridized carbons (Fsp3) is 0.316. The molecule has 1 aliphatic heterocycles. The number of aromatic nitrogens is 2. The van der Waals surface area contributed by atoms with Gasteiger partial charge < -0.3 is 10.2 Å². The number of benzene rings is 1. The van der Waals surface area contributed by atoms with Crippen molar-refractivity contribution >= 4 is 62.8 Å². The molecule has 3 heterocycles. The molecule has 2 aromatic heterocycles. The Bertz CT molecular complexity index is 960. The number of amides is 1. The van der Waals surface area contributed by atoms with Crippen molar-refractivity contribution in [1.82, 2.24) is 15.1 Å². The Morgan fingerprint density at radius 1 is 1.36 bits per heavy atom. The minimum absolute atomic E-state index is 0.163. The number of carbonyl (C=O) groups is 1. The number of anilines is 2. The molecule has 1 aliphatic rings. The third-order valence-corrected chi connectivity index (χ3v) is 8.02. The molecule has 146 valence electrons. The minimum atomic E-state index is 0.163. The number of thioether (sulfide) groups is 1. The summed E-state index contributed by atoms with van der Waals surface area (Å²) in [6.45, 7) is 2.79. The van der Waals surface area contributed by atoms with Gasteiger partial charge in [-0.15, -0.1) is 21.5 Å². The van der Waals surface area contributed by atoms with Gasteiger partial charge in [-0.05, 0) is 48.9 Å². The number of nitrogens with zero attached hydrogens (tertiary/aromatic N) is 3. The second kappa shape index (κ2) is 8.82. The van der Waals surface area contributed by atoms with Crippen molar-refractivity contribution in [2.45, 2.75) is 30.1 Å². The van der Waals surface area contributed by atoms with E-state index in [9.17, 15) is 4.79 Å². The van der Waals surface area contributed by atoms with Crippen LogP contribution in [0.4, 0.5) is 10.8 Å². The number of halogens is 1. The maximum Gasteiger partial charge on any atom is 0.233 e. The van der Waals surface area contributed by atoms with Crippen LogP contribution in [0.1, 0.15) is 29.3 Å². The van der Waals surface area contributed by atoms with Crippen LogP contribution < -0.4 is 5.32 Å². The highest BCUT2D eigenvalue weighted by atomic mass is 35.5. The highest BCUT2D eigenvalue weighted by Crippen LogP contribution is 2.36. The van der Waals surface area contributed by atoms with E-state index in [1.807, 2.05) is 36.1 Å². The number of rotatable bonds is 6. The van der Waals surface area contributed by atoms with E-state index in [-0.39, 0.29) is 11.9 Å². The maximum atomic E-state index is 12.7. The van der Waals surface area contributed by atoms with Crippen LogP contribution in [0.25, 0.3) is 0 Å². The first-order chi connectivity index (χ1) is 13.6. The van der Waals surface area contributed by atoms with E-state index in [2.05, 4.69) is 27.0 Å². The summed E-state index contributed by atoms with van der Waals surface area (Å²) in [6, 6.07) is 10.1. The smallest absolute Gasteiger partial charge is 0.233 e. The van der Waals surface area contributed by atoms with E-state index in [0.29, 0.717) is 15.9 Å². The predicted molar refractivity (Wildman–Crippen MR) is 118 cm³/mol. The van der Waals surface area contributed by atoms with Gasteiger partial charge in [-0.2, -0.15) is 0 Å². The van der Waals surface area contributed by atoms with Crippen molar-refractivity contribution in [3.05, 3.63) is 51.2 Å². The van der Waals surface area contributed by atoms with Gasteiger partial charge in [-0.25, -0.2) is 0 Å². The van der Waals surface area contributed by atoms with Crippen molar-refractivity contribution < 1.29 is 4.79 Å². The fourth-order valence-electron chi connectivity index (χ4n) is 3.22. The first-order valence-electron chi connectivity index (χ1n) is 8.93. The zero-order chi connectivity index (χ0) is 19.5. The molecular formula is C19H19ClN4OS3. The summed E-state index contributed by atoms with van der Waals surface area (Å²) >= 11 is 10.8. The normalized spacial score (nSPS) is 16.5. The van der Waals surface area contributed by atoms with Crippen LogP contribution in [-0.4, -0.2) is 33.3 Å². The number of nitrogens with one attached hydrogen (secondary N) is 1. The Morgan fingerprint density at radius 3 is 3.07 bits per heavy atom. The number of thiophene rings is 1. The number of hydrogen-bond donors (Lipinski definition) is 1. The van der Waals surface area contributed by atoms with Crippen LogP contribution in [0.2, 0.25) is 5.02 Å². The molecule has 0 radical (unpaired) electrons. The lowest BCUT2D eigenvalue weighted by Crippen LogP contribution is -2.31. The lowest BCUT2D eigenvalue weighted by Gasteiger charge is -2.23. The van der Waals surface area contributed by atoms with E-state index >= 15 is 0 Å². The summed E-state index contributed by atoms with van der Waals surface area (Å²) in [5.74, 6) is 0.545. The second-order valence-corrected chi connectivity index (χ2v) is 10.0. The number of carbonyl (C=O) groups excluding carboxylic acids is 1. The topological polar surface area (TPSA) is 58.1 Å². The fourth-order valence-corrected chi connectivity index (χ4v) is 5.92. The molecule has 0 saturated carbocycles. The van der Waals surface area contributed by atoms with E-state index < -0.39 is 0 Å². The van der Waals surface area contributed by atoms with Crippen LogP contribution in [0.3, 0.4) is 0 Å². The van der Waals surface area contributed by atoms with Gasteiger partial charge >= 0.3 is 0 Å². The lowest BCUT2D eigenvalue weighted by molar-refractivity contribution is -0.129. The van der Waals surface area contributed by atoms with E-state index in [0.717, 1.165) is 35.0 Å². The maximum absolute atomic E-state index is 12.7. The summed E-state index contributed by atoms with van der Waals surface area (Å²) in [7, 11) is 0. The highest BCUT2D eigenvalue weighted by Gasteiger charge is 2.30. The van der Waals surface area contributed by atoms with Crippen LogP contribution >= 0.6 is 46.0 Å². The molecule has 1 unspecified atom stereocenters. The van der Waals surface area contributed by atoms with Crippen molar-refractivity contribution in [3.8, 4) is 0 Å². The number of likely N-dealkylation sites (tertiary alicyclic amines) is 1. The largest absolute Gasteiger partial charge is 0.334 e. The molecule has 0 bridgehead atoms. The van der Waals surface area contributed by atoms with Crippen molar-refractivity contribution in [2.24, 2.45) is 0 Å². The monoisotopic (exact) mass is 450 g/mol. The zero-order valence-electron chi connectivity index (χ0n) is 15.2. The van der Waals surface area contributed by atoms with Gasteiger partial charge in [0.2, 0.25) is 11.0 Å². The van der Waals surface area contributed by atoms with E-state index in [1.165, 1.54) is 28.0 Å². The summed E-state index contributed by atoms with van der Waals surface area (Å²) in [5, 5.41) is 15.1. The van der Waals surface area contributed by atoms with Crippen LogP contribution in [-0.2, 0) is 4.79 Å². The average molecular weight is 451 g/mol. The molecule has 9 heteroatoms. The highest BCUT2D eigenvalue weighted by molar-refractivity contribution is 8.01.